The topological polar surface area (TPSA) is 95.6 Å². The lowest BCUT2D eigenvalue weighted by molar-refractivity contribution is -0.139. The predicted molar refractivity (Wildman–Crippen MR) is 119 cm³/mol. The van der Waals surface area contributed by atoms with Crippen LogP contribution in [0.5, 0.6) is 0 Å². The predicted octanol–water partition coefficient (Wildman–Crippen LogP) is 2.85. The van der Waals surface area contributed by atoms with E-state index in [1.54, 1.807) is 24.3 Å². The molecule has 7 nitrogen and oxygen atoms in total. The van der Waals surface area contributed by atoms with Crippen molar-refractivity contribution in [3.63, 3.8) is 0 Å². The number of benzene rings is 2. The van der Waals surface area contributed by atoms with Gasteiger partial charge in [0.25, 0.3) is 0 Å². The first-order valence-electron chi connectivity index (χ1n) is 10.4. The maximum atomic E-state index is 13.2. The molecule has 1 fully saturated rings. The fourth-order valence-electron chi connectivity index (χ4n) is 3.65. The van der Waals surface area contributed by atoms with Gasteiger partial charge in [-0.05, 0) is 55.2 Å². The Morgan fingerprint density at radius 1 is 1.03 bits per heavy atom. The molecule has 0 aromatic heterocycles. The molecule has 2 aromatic carbocycles. The molecule has 1 aliphatic rings. The summed E-state index contributed by atoms with van der Waals surface area (Å²) >= 11 is 6.04. The molecule has 32 heavy (non-hydrogen) atoms. The van der Waals surface area contributed by atoms with Crippen molar-refractivity contribution < 1.29 is 22.4 Å². The maximum Gasteiger partial charge on any atom is 0.309 e. The van der Waals surface area contributed by atoms with Crippen LogP contribution in [0.25, 0.3) is 0 Å². The van der Waals surface area contributed by atoms with Gasteiger partial charge in [0.15, 0.2) is 0 Å². The first kappa shape index (κ1) is 24.2. The molecule has 0 spiro atoms. The lowest BCUT2D eigenvalue weighted by Crippen LogP contribution is -2.46. The lowest BCUT2D eigenvalue weighted by Gasteiger charge is -2.34. The molecular weight excluding hydrogens is 457 g/mol. The third-order valence-corrected chi connectivity index (χ3v) is 7.69. The molecule has 1 unspecified atom stereocenters. The molecule has 10 heteroatoms. The number of nitrogens with zero attached hydrogens (tertiary/aromatic N) is 1. The highest BCUT2D eigenvalue weighted by Crippen LogP contribution is 2.27. The number of carbonyl (C=O) groups is 2. The fraction of sp³-hybridized carbons (Fsp3) is 0.364. The Bertz CT molecular complexity index is 1060. The summed E-state index contributed by atoms with van der Waals surface area (Å²) in [5.41, 5.74) is 0.694. The minimum atomic E-state index is -3.78. The van der Waals surface area contributed by atoms with Crippen molar-refractivity contribution in [1.82, 2.24) is 14.9 Å². The van der Waals surface area contributed by atoms with E-state index < -0.39 is 27.7 Å². The van der Waals surface area contributed by atoms with Gasteiger partial charge in [0.05, 0.1) is 4.90 Å². The highest BCUT2D eigenvalue weighted by molar-refractivity contribution is 7.89. The second kappa shape index (κ2) is 10.9. The number of hydrogen-bond acceptors (Lipinski definition) is 4. The van der Waals surface area contributed by atoms with E-state index in [1.807, 2.05) is 0 Å². The molecule has 172 valence electrons. The number of piperidine rings is 1. The van der Waals surface area contributed by atoms with Crippen LogP contribution in [0.3, 0.4) is 0 Å². The molecule has 3 rings (SSSR count). The zero-order valence-electron chi connectivity index (χ0n) is 17.4. The van der Waals surface area contributed by atoms with E-state index in [0.29, 0.717) is 30.0 Å². The van der Waals surface area contributed by atoms with Gasteiger partial charge in [-0.15, -0.1) is 0 Å². The Hall–Kier alpha value is -2.49. The summed E-state index contributed by atoms with van der Waals surface area (Å²) in [6.45, 7) is 0.632. The van der Waals surface area contributed by atoms with Crippen LogP contribution in [0.2, 0.25) is 5.02 Å². The van der Waals surface area contributed by atoms with Gasteiger partial charge in [0, 0.05) is 30.7 Å². The summed E-state index contributed by atoms with van der Waals surface area (Å²) in [6.07, 6.45) is 2.61. The average Bonchev–Trinajstić information content (AvgIpc) is 2.79. The molecule has 0 saturated carbocycles. The number of amides is 2. The SMILES string of the molecule is O=C(NCCC1CCCCN1S(=O)(=O)c1ccc(F)cc1)C(=O)NCc1ccccc1Cl. The van der Waals surface area contributed by atoms with Crippen molar-refractivity contribution in [1.29, 1.82) is 0 Å². The second-order valence-corrected chi connectivity index (χ2v) is 9.84. The Morgan fingerprint density at radius 2 is 1.72 bits per heavy atom. The average molecular weight is 482 g/mol. The maximum absolute atomic E-state index is 13.2. The smallest absolute Gasteiger partial charge is 0.309 e. The van der Waals surface area contributed by atoms with Crippen LogP contribution in [-0.4, -0.2) is 43.7 Å². The minimum absolute atomic E-state index is 0.0359. The molecule has 2 aromatic rings. The zero-order chi connectivity index (χ0) is 23.1. The first-order valence-corrected chi connectivity index (χ1v) is 12.2. The summed E-state index contributed by atoms with van der Waals surface area (Å²) < 4.78 is 40.6. The van der Waals surface area contributed by atoms with E-state index in [0.717, 1.165) is 25.0 Å². The molecule has 0 aliphatic carbocycles. The largest absolute Gasteiger partial charge is 0.348 e. The minimum Gasteiger partial charge on any atom is -0.348 e. The molecule has 2 amide bonds. The van der Waals surface area contributed by atoms with Gasteiger partial charge in [-0.2, -0.15) is 4.31 Å². The van der Waals surface area contributed by atoms with E-state index in [2.05, 4.69) is 10.6 Å². The van der Waals surface area contributed by atoms with Crippen LogP contribution in [0, 0.1) is 5.82 Å². The van der Waals surface area contributed by atoms with E-state index in [1.165, 1.54) is 16.4 Å². The summed E-state index contributed by atoms with van der Waals surface area (Å²) in [5, 5.41) is 5.55. The van der Waals surface area contributed by atoms with Gasteiger partial charge >= 0.3 is 11.8 Å². The van der Waals surface area contributed by atoms with Crippen molar-refractivity contribution in [2.75, 3.05) is 13.1 Å². The third kappa shape index (κ3) is 6.05. The van der Waals surface area contributed by atoms with E-state index in [9.17, 15) is 22.4 Å². The zero-order valence-corrected chi connectivity index (χ0v) is 19.0. The van der Waals surface area contributed by atoms with Crippen LogP contribution < -0.4 is 10.6 Å². The summed E-state index contributed by atoms with van der Waals surface area (Å²) in [6, 6.07) is 11.4. The van der Waals surface area contributed by atoms with Crippen molar-refractivity contribution >= 4 is 33.4 Å². The summed E-state index contributed by atoms with van der Waals surface area (Å²) in [7, 11) is -3.78. The van der Waals surface area contributed by atoms with Gasteiger partial charge in [-0.25, -0.2) is 12.8 Å². The Morgan fingerprint density at radius 3 is 2.44 bits per heavy atom. The van der Waals surface area contributed by atoms with E-state index in [4.69, 9.17) is 11.6 Å². The second-order valence-electron chi connectivity index (χ2n) is 7.54. The Kier molecular flexibility index (Phi) is 8.22. The van der Waals surface area contributed by atoms with Gasteiger partial charge in [0.2, 0.25) is 10.0 Å². The van der Waals surface area contributed by atoms with E-state index >= 15 is 0 Å². The quantitative estimate of drug-likeness (QED) is 0.594. The standard InChI is InChI=1S/C22H25ClFN3O4S/c23-20-7-2-1-5-16(20)15-26-22(29)21(28)25-13-12-18-6-3-4-14-27(18)32(30,31)19-10-8-17(24)9-11-19/h1-2,5,7-11,18H,3-4,6,12-15H2,(H,25,28)(H,26,29). The third-order valence-electron chi connectivity index (χ3n) is 5.36. The van der Waals surface area contributed by atoms with Crippen LogP contribution in [-0.2, 0) is 26.2 Å². The molecule has 1 atom stereocenters. The van der Waals surface area contributed by atoms with Crippen LogP contribution in [0.4, 0.5) is 4.39 Å². The Labute approximate surface area is 192 Å². The van der Waals surface area contributed by atoms with Gasteiger partial charge in [0.1, 0.15) is 5.82 Å². The molecule has 0 bridgehead atoms. The van der Waals surface area contributed by atoms with Crippen LogP contribution >= 0.6 is 11.6 Å². The number of halogens is 2. The fourth-order valence-corrected chi connectivity index (χ4v) is 5.58. The van der Waals surface area contributed by atoms with Crippen molar-refractivity contribution in [3.05, 3.63) is 64.9 Å². The molecule has 1 saturated heterocycles. The molecule has 0 radical (unpaired) electrons. The number of hydrogen-bond donors (Lipinski definition) is 2. The normalized spacial score (nSPS) is 17.0. The lowest BCUT2D eigenvalue weighted by atomic mass is 10.0. The number of carbonyl (C=O) groups excluding carboxylic acids is 2. The number of nitrogens with one attached hydrogen (secondary N) is 2. The van der Waals surface area contributed by atoms with Crippen molar-refractivity contribution in [2.45, 2.75) is 43.2 Å². The first-order chi connectivity index (χ1) is 15.3. The monoisotopic (exact) mass is 481 g/mol. The highest BCUT2D eigenvalue weighted by atomic mass is 35.5. The molecule has 2 N–H and O–H groups in total. The van der Waals surface area contributed by atoms with E-state index in [-0.39, 0.29) is 24.0 Å². The van der Waals surface area contributed by atoms with Crippen molar-refractivity contribution in [3.8, 4) is 0 Å². The summed E-state index contributed by atoms with van der Waals surface area (Å²) in [5.74, 6) is -2.08. The van der Waals surface area contributed by atoms with Gasteiger partial charge in [-0.1, -0.05) is 36.2 Å². The highest BCUT2D eigenvalue weighted by Gasteiger charge is 2.33. The number of rotatable bonds is 7. The molecule has 1 aliphatic heterocycles. The van der Waals surface area contributed by atoms with Crippen LogP contribution in [0.15, 0.2) is 53.4 Å². The van der Waals surface area contributed by atoms with Crippen LogP contribution in [0.1, 0.15) is 31.2 Å². The molecule has 1 heterocycles. The van der Waals surface area contributed by atoms with Gasteiger partial charge in [-0.3, -0.25) is 9.59 Å². The summed E-state index contributed by atoms with van der Waals surface area (Å²) in [4.78, 5) is 24.2. The Balaban J connectivity index is 1.53. The van der Waals surface area contributed by atoms with Gasteiger partial charge < -0.3 is 10.6 Å². The van der Waals surface area contributed by atoms with Crippen molar-refractivity contribution in [2.24, 2.45) is 0 Å². The number of sulfonamides is 1. The molecular formula is C22H25ClFN3O4S.